The highest BCUT2D eigenvalue weighted by Gasteiger charge is 2.07. The first-order chi connectivity index (χ1) is 12.2. The average molecular weight is 343 g/mol. The molecule has 2 amide bonds. The molecule has 1 aromatic carbocycles. The molecule has 0 aliphatic rings. The minimum absolute atomic E-state index is 0.110. The fourth-order valence-electron chi connectivity index (χ4n) is 2.23. The lowest BCUT2D eigenvalue weighted by Gasteiger charge is -2.18. The molecule has 2 aromatic rings. The van der Waals surface area contributed by atoms with E-state index in [0.717, 1.165) is 23.5 Å². The number of pyridine rings is 1. The van der Waals surface area contributed by atoms with E-state index in [2.05, 4.69) is 10.3 Å². The zero-order valence-corrected chi connectivity index (χ0v) is 14.8. The van der Waals surface area contributed by atoms with Crippen LogP contribution in [0.4, 0.5) is 4.79 Å². The maximum atomic E-state index is 12.0. The molecule has 2 rings (SSSR count). The molecule has 1 aromatic heterocycles. The molecular formula is C19H25N3O3. The van der Waals surface area contributed by atoms with Crippen LogP contribution in [0.1, 0.15) is 12.5 Å². The van der Waals surface area contributed by atoms with Crippen LogP contribution in [0.3, 0.4) is 0 Å². The number of rotatable bonds is 9. The predicted molar refractivity (Wildman–Crippen MR) is 97.1 cm³/mol. The number of nitrogens with one attached hydrogen (secondary N) is 1. The first-order valence-electron chi connectivity index (χ1n) is 8.42. The summed E-state index contributed by atoms with van der Waals surface area (Å²) in [6.07, 6.45) is 4.31. The Bertz CT molecular complexity index is 649. The number of aromatic nitrogens is 1. The van der Waals surface area contributed by atoms with Gasteiger partial charge in [-0.2, -0.15) is 0 Å². The molecule has 134 valence electrons. The van der Waals surface area contributed by atoms with Crippen LogP contribution in [0, 0.1) is 0 Å². The third-order valence-corrected chi connectivity index (χ3v) is 3.60. The SMILES string of the molecule is CCOc1cccc(OCCNC(=O)N(C)CCc2ccncc2)c1. The molecule has 0 bridgehead atoms. The molecule has 25 heavy (non-hydrogen) atoms. The summed E-state index contributed by atoms with van der Waals surface area (Å²) < 4.78 is 11.1. The molecule has 0 radical (unpaired) electrons. The van der Waals surface area contributed by atoms with Crippen LogP contribution in [0.5, 0.6) is 11.5 Å². The summed E-state index contributed by atoms with van der Waals surface area (Å²) in [5.74, 6) is 1.51. The predicted octanol–water partition coefficient (Wildman–Crippen LogP) is 2.74. The number of carbonyl (C=O) groups is 1. The number of carbonyl (C=O) groups excluding carboxylic acids is 1. The Morgan fingerprint density at radius 3 is 2.60 bits per heavy atom. The van der Waals surface area contributed by atoms with Crippen LogP contribution in [0.15, 0.2) is 48.8 Å². The van der Waals surface area contributed by atoms with E-state index in [1.165, 1.54) is 0 Å². The van der Waals surface area contributed by atoms with Crippen LogP contribution >= 0.6 is 0 Å². The van der Waals surface area contributed by atoms with E-state index in [1.807, 2.05) is 43.3 Å². The van der Waals surface area contributed by atoms with Gasteiger partial charge < -0.3 is 19.7 Å². The lowest BCUT2D eigenvalue weighted by atomic mass is 10.2. The van der Waals surface area contributed by atoms with Crippen molar-refractivity contribution in [3.63, 3.8) is 0 Å². The number of benzene rings is 1. The molecule has 0 saturated carbocycles. The molecule has 0 spiro atoms. The highest BCUT2D eigenvalue weighted by molar-refractivity contribution is 5.73. The molecule has 0 atom stereocenters. The number of hydrogen-bond donors (Lipinski definition) is 1. The third kappa shape index (κ3) is 6.71. The largest absolute Gasteiger partial charge is 0.494 e. The fourth-order valence-corrected chi connectivity index (χ4v) is 2.23. The number of ether oxygens (including phenoxy) is 2. The molecule has 0 aliphatic carbocycles. The van der Waals surface area contributed by atoms with Gasteiger partial charge in [-0.15, -0.1) is 0 Å². The van der Waals surface area contributed by atoms with E-state index in [9.17, 15) is 4.79 Å². The second-order valence-corrected chi connectivity index (χ2v) is 5.52. The van der Waals surface area contributed by atoms with Crippen molar-refractivity contribution in [2.24, 2.45) is 0 Å². The van der Waals surface area contributed by atoms with Gasteiger partial charge in [-0.3, -0.25) is 4.98 Å². The Kier molecular flexibility index (Phi) is 7.56. The van der Waals surface area contributed by atoms with E-state index >= 15 is 0 Å². The Hall–Kier alpha value is -2.76. The minimum Gasteiger partial charge on any atom is -0.494 e. The molecule has 0 unspecified atom stereocenters. The summed E-state index contributed by atoms with van der Waals surface area (Å²) in [4.78, 5) is 17.7. The Balaban J connectivity index is 1.65. The van der Waals surface area contributed by atoms with Gasteiger partial charge in [0.1, 0.15) is 18.1 Å². The number of urea groups is 1. The van der Waals surface area contributed by atoms with Gasteiger partial charge in [-0.05, 0) is 43.2 Å². The van der Waals surface area contributed by atoms with Crippen molar-refractivity contribution in [2.75, 3.05) is 33.4 Å². The van der Waals surface area contributed by atoms with Gasteiger partial charge in [-0.25, -0.2) is 4.79 Å². The summed E-state index contributed by atoms with van der Waals surface area (Å²) in [6, 6.07) is 11.3. The third-order valence-electron chi connectivity index (χ3n) is 3.60. The lowest BCUT2D eigenvalue weighted by molar-refractivity contribution is 0.206. The Labute approximate surface area is 148 Å². The van der Waals surface area contributed by atoms with E-state index in [1.54, 1.807) is 24.3 Å². The highest BCUT2D eigenvalue weighted by Crippen LogP contribution is 2.19. The van der Waals surface area contributed by atoms with Crippen molar-refractivity contribution < 1.29 is 14.3 Å². The van der Waals surface area contributed by atoms with Gasteiger partial charge in [0.2, 0.25) is 0 Å². The van der Waals surface area contributed by atoms with Crippen molar-refractivity contribution >= 4 is 6.03 Å². The fraction of sp³-hybridized carbons (Fsp3) is 0.368. The second-order valence-electron chi connectivity index (χ2n) is 5.52. The molecular weight excluding hydrogens is 318 g/mol. The minimum atomic E-state index is -0.110. The lowest BCUT2D eigenvalue weighted by Crippen LogP contribution is -2.40. The van der Waals surface area contributed by atoms with Crippen LogP contribution in [-0.2, 0) is 6.42 Å². The van der Waals surface area contributed by atoms with Crippen LogP contribution in [0.2, 0.25) is 0 Å². The van der Waals surface area contributed by atoms with Gasteiger partial charge in [0.05, 0.1) is 13.2 Å². The van der Waals surface area contributed by atoms with Gasteiger partial charge in [0.15, 0.2) is 0 Å². The summed E-state index contributed by atoms with van der Waals surface area (Å²) in [6.45, 7) is 4.05. The number of likely N-dealkylation sites (N-methyl/N-ethyl adjacent to an activating group) is 1. The number of hydrogen-bond acceptors (Lipinski definition) is 4. The quantitative estimate of drug-likeness (QED) is 0.711. The zero-order valence-electron chi connectivity index (χ0n) is 14.8. The molecule has 1 N–H and O–H groups in total. The standard InChI is InChI=1S/C19H25N3O3/c1-3-24-17-5-4-6-18(15-17)25-14-12-21-19(23)22(2)13-9-16-7-10-20-11-8-16/h4-8,10-11,15H,3,9,12-14H2,1-2H3,(H,21,23). The van der Waals surface area contributed by atoms with Crippen molar-refractivity contribution in [3.8, 4) is 11.5 Å². The van der Waals surface area contributed by atoms with Crippen molar-refractivity contribution in [1.29, 1.82) is 0 Å². The maximum Gasteiger partial charge on any atom is 0.317 e. The average Bonchev–Trinajstić information content (AvgIpc) is 2.64. The smallest absolute Gasteiger partial charge is 0.317 e. The molecule has 6 nitrogen and oxygen atoms in total. The highest BCUT2D eigenvalue weighted by atomic mass is 16.5. The first-order valence-corrected chi connectivity index (χ1v) is 8.42. The molecule has 0 fully saturated rings. The molecule has 1 heterocycles. The van der Waals surface area contributed by atoms with Gasteiger partial charge in [0, 0.05) is 32.1 Å². The monoisotopic (exact) mass is 343 g/mol. The van der Waals surface area contributed by atoms with E-state index in [-0.39, 0.29) is 6.03 Å². The second kappa shape index (κ2) is 10.2. The maximum absolute atomic E-state index is 12.0. The van der Waals surface area contributed by atoms with Gasteiger partial charge in [0.25, 0.3) is 0 Å². The van der Waals surface area contributed by atoms with Crippen LogP contribution < -0.4 is 14.8 Å². The zero-order chi connectivity index (χ0) is 17.9. The van der Waals surface area contributed by atoms with E-state index in [0.29, 0.717) is 26.3 Å². The number of nitrogens with zero attached hydrogens (tertiary/aromatic N) is 2. The van der Waals surface area contributed by atoms with E-state index in [4.69, 9.17) is 9.47 Å². The van der Waals surface area contributed by atoms with Gasteiger partial charge in [-0.1, -0.05) is 6.07 Å². The van der Waals surface area contributed by atoms with E-state index < -0.39 is 0 Å². The van der Waals surface area contributed by atoms with Crippen molar-refractivity contribution in [3.05, 3.63) is 54.4 Å². The Morgan fingerprint density at radius 2 is 1.88 bits per heavy atom. The van der Waals surface area contributed by atoms with Crippen molar-refractivity contribution in [2.45, 2.75) is 13.3 Å². The van der Waals surface area contributed by atoms with Crippen molar-refractivity contribution in [1.82, 2.24) is 15.2 Å². The molecule has 0 saturated heterocycles. The summed E-state index contributed by atoms with van der Waals surface area (Å²) >= 11 is 0. The summed E-state index contributed by atoms with van der Waals surface area (Å²) in [5, 5.41) is 2.85. The molecule has 6 heteroatoms. The Morgan fingerprint density at radius 1 is 1.16 bits per heavy atom. The normalized spacial score (nSPS) is 10.2. The first kappa shape index (κ1) is 18.6. The summed E-state index contributed by atoms with van der Waals surface area (Å²) in [5.41, 5.74) is 1.16. The molecule has 0 aliphatic heterocycles. The van der Waals surface area contributed by atoms with Gasteiger partial charge >= 0.3 is 6.03 Å². The topological polar surface area (TPSA) is 63.7 Å². The van der Waals surface area contributed by atoms with Crippen LogP contribution in [0.25, 0.3) is 0 Å². The number of amides is 2. The van der Waals surface area contributed by atoms with Crippen LogP contribution in [-0.4, -0.2) is 49.3 Å². The summed E-state index contributed by atoms with van der Waals surface area (Å²) in [7, 11) is 1.78.